The van der Waals surface area contributed by atoms with E-state index >= 15 is 0 Å². The van der Waals surface area contributed by atoms with Crippen LogP contribution in [0.1, 0.15) is 67.4 Å². The fourth-order valence-electron chi connectivity index (χ4n) is 8.10. The topological polar surface area (TPSA) is 126 Å². The van der Waals surface area contributed by atoms with Gasteiger partial charge in [0.05, 0.1) is 30.9 Å². The quantitative estimate of drug-likeness (QED) is 0.210. The molecule has 10 heteroatoms. The van der Waals surface area contributed by atoms with Gasteiger partial charge >= 0.3 is 0 Å². The van der Waals surface area contributed by atoms with Crippen molar-refractivity contribution in [2.45, 2.75) is 76.2 Å². The van der Waals surface area contributed by atoms with Crippen LogP contribution in [0.15, 0.2) is 77.9 Å². The molecule has 4 N–H and O–H groups in total. The van der Waals surface area contributed by atoms with Gasteiger partial charge in [0.1, 0.15) is 5.82 Å². The van der Waals surface area contributed by atoms with E-state index < -0.39 is 0 Å². The number of nitrogens with two attached hydrogens (primary N) is 1. The SMILES string of the molecule is Cn1ccc(-c2cnc(N)c(C(=O)N[C@H]3CCC[C@@H]3OCc3ccc(-c4ccc5c(c4)C(C)(C)CN5C4CCN(CCO)CC4)cc3)c2)cc1=O. The molecule has 2 atom stereocenters. The lowest BCUT2D eigenvalue weighted by atomic mass is 9.85. The minimum absolute atomic E-state index is 0.0711. The van der Waals surface area contributed by atoms with Crippen LogP contribution >= 0.6 is 0 Å². The monoisotopic (exact) mass is 690 g/mol. The molecule has 4 heterocycles. The molecule has 3 aliphatic rings. The third-order valence-electron chi connectivity index (χ3n) is 11.1. The summed E-state index contributed by atoms with van der Waals surface area (Å²) in [6, 6.07) is 21.0. The second-order valence-corrected chi connectivity index (χ2v) is 15.1. The number of carbonyl (C=O) groups excluding carboxylic acids is 1. The van der Waals surface area contributed by atoms with Crippen molar-refractivity contribution >= 4 is 17.4 Å². The fourth-order valence-corrected chi connectivity index (χ4v) is 8.10. The molecule has 4 aromatic rings. The van der Waals surface area contributed by atoms with Crippen LogP contribution in [0.5, 0.6) is 0 Å². The van der Waals surface area contributed by atoms with Crippen LogP contribution in [0.3, 0.4) is 0 Å². The van der Waals surface area contributed by atoms with E-state index in [2.05, 4.69) is 76.4 Å². The Balaban J connectivity index is 0.971. The lowest BCUT2D eigenvalue weighted by Crippen LogP contribution is -2.46. The summed E-state index contributed by atoms with van der Waals surface area (Å²) in [6.07, 6.45) is 8.09. The lowest BCUT2D eigenvalue weighted by molar-refractivity contribution is 0.0272. The molecule has 2 aliphatic heterocycles. The highest BCUT2D eigenvalue weighted by Gasteiger charge is 2.39. The van der Waals surface area contributed by atoms with Crippen molar-refractivity contribution in [3.05, 3.63) is 100 Å². The molecule has 0 unspecified atom stereocenters. The molecule has 268 valence electrons. The van der Waals surface area contributed by atoms with Gasteiger partial charge in [0.25, 0.3) is 11.5 Å². The number of fused-ring (bicyclic) bond motifs is 1. The minimum atomic E-state index is -0.292. The second kappa shape index (κ2) is 14.6. The Labute approximate surface area is 300 Å². The van der Waals surface area contributed by atoms with Crippen LogP contribution in [-0.2, 0) is 23.8 Å². The number of likely N-dealkylation sites (tertiary alicyclic amines) is 1. The zero-order valence-corrected chi connectivity index (χ0v) is 30.0. The molecule has 0 bridgehead atoms. The summed E-state index contributed by atoms with van der Waals surface area (Å²) in [5.41, 5.74) is 14.0. The zero-order chi connectivity index (χ0) is 35.7. The Bertz CT molecular complexity index is 1930. The number of carbonyl (C=O) groups is 1. The van der Waals surface area contributed by atoms with Crippen LogP contribution in [0.4, 0.5) is 11.5 Å². The first-order chi connectivity index (χ1) is 24.6. The number of anilines is 2. The highest BCUT2D eigenvalue weighted by molar-refractivity contribution is 5.99. The van der Waals surface area contributed by atoms with E-state index in [-0.39, 0.29) is 47.0 Å². The molecule has 1 saturated heterocycles. The average Bonchev–Trinajstić information content (AvgIpc) is 3.69. The molecular weight excluding hydrogens is 640 g/mol. The van der Waals surface area contributed by atoms with Gasteiger partial charge in [-0.25, -0.2) is 4.98 Å². The summed E-state index contributed by atoms with van der Waals surface area (Å²) < 4.78 is 7.88. The van der Waals surface area contributed by atoms with Gasteiger partial charge in [-0.05, 0) is 84.2 Å². The summed E-state index contributed by atoms with van der Waals surface area (Å²) in [6.45, 7) is 9.29. The van der Waals surface area contributed by atoms with Crippen LogP contribution in [0.2, 0.25) is 0 Å². The number of aromatic nitrogens is 2. The number of hydrogen-bond donors (Lipinski definition) is 3. The first-order valence-electron chi connectivity index (χ1n) is 18.3. The maximum atomic E-state index is 13.4. The summed E-state index contributed by atoms with van der Waals surface area (Å²) in [5.74, 6) is -0.143. The largest absolute Gasteiger partial charge is 0.395 e. The van der Waals surface area contributed by atoms with Crippen molar-refractivity contribution in [2.75, 3.05) is 43.4 Å². The number of pyridine rings is 2. The highest BCUT2D eigenvalue weighted by Crippen LogP contribution is 2.44. The highest BCUT2D eigenvalue weighted by atomic mass is 16.5. The van der Waals surface area contributed by atoms with E-state index in [1.807, 2.05) is 6.07 Å². The minimum Gasteiger partial charge on any atom is -0.395 e. The van der Waals surface area contributed by atoms with Crippen molar-refractivity contribution in [3.63, 3.8) is 0 Å². The molecule has 0 spiro atoms. The zero-order valence-electron chi connectivity index (χ0n) is 30.0. The number of amides is 1. The summed E-state index contributed by atoms with van der Waals surface area (Å²) in [5, 5.41) is 12.5. The molecule has 1 amide bonds. The summed E-state index contributed by atoms with van der Waals surface area (Å²) in [7, 11) is 1.69. The van der Waals surface area contributed by atoms with Gasteiger partial charge in [0, 0.05) is 74.4 Å². The molecular formula is C41H50N6O4. The molecule has 7 rings (SSSR count). The van der Waals surface area contributed by atoms with E-state index in [1.165, 1.54) is 33.0 Å². The third kappa shape index (κ3) is 7.45. The van der Waals surface area contributed by atoms with Gasteiger partial charge < -0.3 is 35.3 Å². The summed E-state index contributed by atoms with van der Waals surface area (Å²) in [4.78, 5) is 34.8. The second-order valence-electron chi connectivity index (χ2n) is 15.1. The van der Waals surface area contributed by atoms with Gasteiger partial charge in [0.2, 0.25) is 0 Å². The van der Waals surface area contributed by atoms with E-state index in [4.69, 9.17) is 10.5 Å². The number of β-amino-alcohol motifs (C(OH)–C–C–N with tert-alkyl or cyclic N) is 1. The van der Waals surface area contributed by atoms with Crippen LogP contribution < -0.4 is 21.5 Å². The maximum absolute atomic E-state index is 13.4. The van der Waals surface area contributed by atoms with Gasteiger partial charge in [-0.2, -0.15) is 0 Å². The molecule has 1 aliphatic carbocycles. The Morgan fingerprint density at radius 3 is 2.47 bits per heavy atom. The number of ether oxygens (including phenoxy) is 1. The van der Waals surface area contributed by atoms with Crippen molar-refractivity contribution in [1.29, 1.82) is 0 Å². The van der Waals surface area contributed by atoms with Gasteiger partial charge in [-0.1, -0.05) is 44.2 Å². The Morgan fingerprint density at radius 1 is 0.980 bits per heavy atom. The predicted octanol–water partition coefficient (Wildman–Crippen LogP) is 5.12. The number of aliphatic hydroxyl groups excluding tert-OH is 1. The average molecular weight is 691 g/mol. The van der Waals surface area contributed by atoms with Crippen LogP contribution in [-0.4, -0.2) is 76.4 Å². The smallest absolute Gasteiger partial charge is 0.255 e. The Kier molecular flexibility index (Phi) is 10.0. The number of piperidine rings is 1. The maximum Gasteiger partial charge on any atom is 0.255 e. The van der Waals surface area contributed by atoms with Gasteiger partial charge in [-0.15, -0.1) is 0 Å². The number of benzene rings is 2. The van der Waals surface area contributed by atoms with Gasteiger partial charge in [0.15, 0.2) is 0 Å². The number of nitrogens with one attached hydrogen (secondary N) is 1. The molecule has 2 fully saturated rings. The first kappa shape index (κ1) is 34.9. The van der Waals surface area contributed by atoms with Crippen molar-refractivity contribution in [3.8, 4) is 22.3 Å². The van der Waals surface area contributed by atoms with Crippen molar-refractivity contribution in [1.82, 2.24) is 19.8 Å². The van der Waals surface area contributed by atoms with Crippen LogP contribution in [0, 0.1) is 0 Å². The standard InChI is InChI=1S/C41H50N6O4/c1-41(2)26-47(32-14-17-46(18-15-32)19-20-48)36-12-11-29(22-34(36)41)28-9-7-27(8-10-28)25-51-37-6-4-5-35(37)44-40(50)33-21-31(24-43-39(33)42)30-13-16-45(3)38(49)23-30/h7-13,16,21-24,32,35,37,48H,4-6,14-15,17-20,25-26H2,1-3H3,(H2,42,43)(H,44,50)/t35-,37-/m0/s1. The number of aliphatic hydroxyl groups is 1. The summed E-state index contributed by atoms with van der Waals surface area (Å²) >= 11 is 0. The van der Waals surface area contributed by atoms with Crippen molar-refractivity contribution in [2.24, 2.45) is 7.05 Å². The lowest BCUT2D eigenvalue weighted by Gasteiger charge is -2.38. The van der Waals surface area contributed by atoms with Gasteiger partial charge in [-0.3, -0.25) is 9.59 Å². The number of nitrogens with zero attached hydrogens (tertiary/aromatic N) is 4. The number of hydrogen-bond acceptors (Lipinski definition) is 8. The number of aryl methyl sites for hydroxylation is 1. The predicted molar refractivity (Wildman–Crippen MR) is 202 cm³/mol. The fraction of sp³-hybridized carbons (Fsp3) is 0.439. The van der Waals surface area contributed by atoms with E-state index in [0.29, 0.717) is 23.8 Å². The normalized spacial score (nSPS) is 20.4. The molecule has 1 saturated carbocycles. The number of rotatable bonds is 10. The Morgan fingerprint density at radius 2 is 1.73 bits per heavy atom. The van der Waals surface area contributed by atoms with E-state index in [1.54, 1.807) is 25.5 Å². The Hall–Kier alpha value is -4.51. The van der Waals surface area contributed by atoms with Crippen molar-refractivity contribution < 1.29 is 14.6 Å². The molecule has 2 aromatic heterocycles. The molecule has 51 heavy (non-hydrogen) atoms. The van der Waals surface area contributed by atoms with Crippen LogP contribution in [0.25, 0.3) is 22.3 Å². The molecule has 10 nitrogen and oxygen atoms in total. The molecule has 2 aromatic carbocycles. The number of nitrogen functional groups attached to an aromatic ring is 1. The van der Waals surface area contributed by atoms with E-state index in [0.717, 1.165) is 63.8 Å². The van der Waals surface area contributed by atoms with E-state index in [9.17, 15) is 14.7 Å². The first-order valence-corrected chi connectivity index (χ1v) is 18.3. The molecule has 0 radical (unpaired) electrons. The third-order valence-corrected chi connectivity index (χ3v) is 11.1.